The van der Waals surface area contributed by atoms with Crippen molar-refractivity contribution in [3.05, 3.63) is 89.4 Å². The molecule has 9 heteroatoms. The molecule has 0 aliphatic carbocycles. The number of nitrogens with one attached hydrogen (secondary N) is 3. The molecule has 0 aliphatic heterocycles. The minimum absolute atomic E-state index is 0.190. The Kier molecular flexibility index (Phi) is 5.00. The third-order valence-corrected chi connectivity index (χ3v) is 5.65. The highest BCUT2D eigenvalue weighted by atomic mass is 32.1. The molecule has 0 atom stereocenters. The van der Waals surface area contributed by atoms with Crippen LogP contribution in [0.25, 0.3) is 22.4 Å². The molecule has 5 rings (SSSR count). The van der Waals surface area contributed by atoms with Crippen LogP contribution in [0, 0.1) is 5.82 Å². The number of thiophene rings is 1. The van der Waals surface area contributed by atoms with Crippen LogP contribution in [0.4, 0.5) is 15.1 Å². The lowest BCUT2D eigenvalue weighted by Gasteiger charge is -2.03. The van der Waals surface area contributed by atoms with E-state index in [1.807, 2.05) is 0 Å². The highest BCUT2D eigenvalue weighted by Gasteiger charge is 2.14. The molecule has 0 bridgehead atoms. The number of carbonyl (C=O) groups is 2. The molecule has 0 saturated carbocycles. The highest BCUT2D eigenvalue weighted by Crippen LogP contribution is 2.26. The number of anilines is 2. The molecule has 5 aromatic rings. The Hall–Kier alpha value is -4.24. The van der Waals surface area contributed by atoms with Crippen molar-refractivity contribution in [1.82, 2.24) is 9.97 Å². The Morgan fingerprint density at radius 2 is 1.88 bits per heavy atom. The molecule has 0 fully saturated rings. The van der Waals surface area contributed by atoms with Crippen molar-refractivity contribution in [1.29, 1.82) is 0 Å². The summed E-state index contributed by atoms with van der Waals surface area (Å²) in [5.41, 5.74) is 2.61. The van der Waals surface area contributed by atoms with E-state index in [4.69, 9.17) is 4.42 Å². The zero-order valence-electron chi connectivity index (χ0n) is 16.4. The van der Waals surface area contributed by atoms with Crippen molar-refractivity contribution >= 4 is 44.9 Å². The average molecular weight is 446 g/mol. The smallest absolute Gasteiger partial charge is 0.291 e. The SMILES string of the molecule is O=C(Nc1ccc(C(=O)Nc2ccc3nc(-c4cccc(F)c4)[nH]c3c2)s1)c1ccco1. The number of amides is 2. The number of rotatable bonds is 5. The molecule has 0 aliphatic rings. The van der Waals surface area contributed by atoms with Gasteiger partial charge in [-0.25, -0.2) is 9.37 Å². The summed E-state index contributed by atoms with van der Waals surface area (Å²) in [5, 5.41) is 6.06. The topological polar surface area (TPSA) is 100 Å². The average Bonchev–Trinajstić information content (AvgIpc) is 3.54. The van der Waals surface area contributed by atoms with E-state index in [1.54, 1.807) is 54.6 Å². The number of hydrogen-bond donors (Lipinski definition) is 3. The number of carbonyl (C=O) groups excluding carboxylic acids is 2. The van der Waals surface area contributed by atoms with E-state index < -0.39 is 0 Å². The molecule has 3 heterocycles. The Balaban J connectivity index is 1.30. The van der Waals surface area contributed by atoms with Crippen molar-refractivity contribution in [2.45, 2.75) is 0 Å². The quantitative estimate of drug-likeness (QED) is 0.331. The van der Waals surface area contributed by atoms with Crippen molar-refractivity contribution in [3.8, 4) is 11.4 Å². The van der Waals surface area contributed by atoms with Crippen molar-refractivity contribution in [3.63, 3.8) is 0 Å². The first-order chi connectivity index (χ1) is 15.5. The monoisotopic (exact) mass is 446 g/mol. The Morgan fingerprint density at radius 1 is 0.969 bits per heavy atom. The number of nitrogens with zero attached hydrogens (tertiary/aromatic N) is 1. The second-order valence-corrected chi connectivity index (χ2v) is 7.96. The zero-order chi connectivity index (χ0) is 22.1. The second-order valence-electron chi connectivity index (χ2n) is 6.88. The second kappa shape index (κ2) is 8.12. The molecule has 0 radical (unpaired) electrons. The van der Waals surface area contributed by atoms with Gasteiger partial charge in [0.05, 0.1) is 27.2 Å². The number of halogens is 1. The lowest BCUT2D eigenvalue weighted by molar-refractivity contribution is 0.0995. The third-order valence-electron chi connectivity index (χ3n) is 4.65. The lowest BCUT2D eigenvalue weighted by atomic mass is 10.2. The van der Waals surface area contributed by atoms with Gasteiger partial charge in [-0.3, -0.25) is 9.59 Å². The summed E-state index contributed by atoms with van der Waals surface area (Å²) >= 11 is 1.15. The predicted molar refractivity (Wildman–Crippen MR) is 120 cm³/mol. The molecule has 0 unspecified atom stereocenters. The van der Waals surface area contributed by atoms with Gasteiger partial charge in [-0.2, -0.15) is 0 Å². The Morgan fingerprint density at radius 3 is 2.69 bits per heavy atom. The lowest BCUT2D eigenvalue weighted by Crippen LogP contribution is -2.10. The largest absolute Gasteiger partial charge is 0.459 e. The first-order valence-corrected chi connectivity index (χ1v) is 10.4. The van der Waals surface area contributed by atoms with Crippen LogP contribution < -0.4 is 10.6 Å². The van der Waals surface area contributed by atoms with E-state index in [2.05, 4.69) is 20.6 Å². The number of H-pyrrole nitrogens is 1. The molecule has 0 saturated heterocycles. The van der Waals surface area contributed by atoms with Crippen LogP contribution in [0.2, 0.25) is 0 Å². The zero-order valence-corrected chi connectivity index (χ0v) is 17.2. The molecule has 3 N–H and O–H groups in total. The van der Waals surface area contributed by atoms with Gasteiger partial charge in [0.2, 0.25) is 0 Å². The van der Waals surface area contributed by atoms with Gasteiger partial charge < -0.3 is 20.0 Å². The van der Waals surface area contributed by atoms with E-state index >= 15 is 0 Å². The maximum atomic E-state index is 13.5. The van der Waals surface area contributed by atoms with Crippen molar-refractivity contribution < 1.29 is 18.4 Å². The maximum absolute atomic E-state index is 13.5. The normalized spacial score (nSPS) is 10.9. The van der Waals surface area contributed by atoms with E-state index in [9.17, 15) is 14.0 Å². The number of benzene rings is 2. The number of imidazole rings is 1. The van der Waals surface area contributed by atoms with Gasteiger partial charge in [0.15, 0.2) is 5.76 Å². The number of hydrogen-bond acceptors (Lipinski definition) is 5. The van der Waals surface area contributed by atoms with E-state index in [-0.39, 0.29) is 23.4 Å². The predicted octanol–water partition coefficient (Wildman–Crippen LogP) is 5.53. The first kappa shape index (κ1) is 19.7. The van der Waals surface area contributed by atoms with E-state index in [1.165, 1.54) is 18.4 Å². The summed E-state index contributed by atoms with van der Waals surface area (Å²) < 4.78 is 18.6. The summed E-state index contributed by atoms with van der Waals surface area (Å²) in [6, 6.07) is 17.9. The van der Waals surface area contributed by atoms with Gasteiger partial charge in [0.25, 0.3) is 11.8 Å². The van der Waals surface area contributed by atoms with Gasteiger partial charge in [-0.05, 0) is 54.6 Å². The fraction of sp³-hybridized carbons (Fsp3) is 0. The molecule has 2 aromatic carbocycles. The fourth-order valence-corrected chi connectivity index (χ4v) is 3.96. The van der Waals surface area contributed by atoms with E-state index in [0.717, 1.165) is 11.3 Å². The number of fused-ring (bicyclic) bond motifs is 1. The number of aromatic nitrogens is 2. The summed E-state index contributed by atoms with van der Waals surface area (Å²) in [7, 11) is 0. The van der Waals surface area contributed by atoms with Crippen LogP contribution in [0.5, 0.6) is 0 Å². The Labute approximate surface area is 184 Å². The molecular formula is C23H15FN4O3S. The summed E-state index contributed by atoms with van der Waals surface area (Å²) in [4.78, 5) is 32.8. The summed E-state index contributed by atoms with van der Waals surface area (Å²) in [6.45, 7) is 0. The summed E-state index contributed by atoms with van der Waals surface area (Å²) in [5.74, 6) is -0.306. The van der Waals surface area contributed by atoms with Gasteiger partial charge in [-0.1, -0.05) is 12.1 Å². The molecule has 32 heavy (non-hydrogen) atoms. The minimum atomic E-state index is -0.386. The first-order valence-electron chi connectivity index (χ1n) is 9.57. The van der Waals surface area contributed by atoms with Gasteiger partial charge in [-0.15, -0.1) is 11.3 Å². The Bertz CT molecular complexity index is 1440. The van der Waals surface area contributed by atoms with Crippen LogP contribution in [0.15, 0.2) is 77.4 Å². The fourth-order valence-electron chi connectivity index (χ4n) is 3.16. The van der Waals surface area contributed by atoms with Crippen LogP contribution in [0.1, 0.15) is 20.2 Å². The van der Waals surface area contributed by atoms with Gasteiger partial charge >= 0.3 is 0 Å². The van der Waals surface area contributed by atoms with Gasteiger partial charge in [0, 0.05) is 11.3 Å². The van der Waals surface area contributed by atoms with Crippen molar-refractivity contribution in [2.24, 2.45) is 0 Å². The molecule has 0 spiro atoms. The van der Waals surface area contributed by atoms with Crippen LogP contribution >= 0.6 is 11.3 Å². The van der Waals surface area contributed by atoms with Gasteiger partial charge in [0.1, 0.15) is 11.6 Å². The molecule has 7 nitrogen and oxygen atoms in total. The third kappa shape index (κ3) is 4.01. The molecule has 2 amide bonds. The molecule has 3 aromatic heterocycles. The molecule has 158 valence electrons. The van der Waals surface area contributed by atoms with Crippen LogP contribution in [0.3, 0.4) is 0 Å². The maximum Gasteiger partial charge on any atom is 0.291 e. The van der Waals surface area contributed by atoms with Crippen molar-refractivity contribution in [2.75, 3.05) is 10.6 Å². The number of aromatic amines is 1. The summed E-state index contributed by atoms with van der Waals surface area (Å²) in [6.07, 6.45) is 1.42. The highest BCUT2D eigenvalue weighted by molar-refractivity contribution is 7.18. The molecular weight excluding hydrogens is 431 g/mol. The number of furan rings is 1. The van der Waals surface area contributed by atoms with E-state index in [0.29, 0.717) is 38.0 Å². The van der Waals surface area contributed by atoms with Crippen LogP contribution in [-0.2, 0) is 0 Å². The standard InChI is InChI=1S/C23H15FN4O3S/c24-14-4-1-3-13(11-14)21-26-16-7-6-15(12-17(16)27-21)25-23(30)19-8-9-20(32-19)28-22(29)18-5-2-10-31-18/h1-12H,(H,25,30)(H,26,27)(H,28,29). The minimum Gasteiger partial charge on any atom is -0.459 e. The van der Waals surface area contributed by atoms with Crippen LogP contribution in [-0.4, -0.2) is 21.8 Å².